The van der Waals surface area contributed by atoms with Gasteiger partial charge in [-0.3, -0.25) is 4.18 Å². The van der Waals surface area contributed by atoms with Crippen LogP contribution in [0.5, 0.6) is 0 Å². The number of carbonyl (C=O) groups excluding carboxylic acids is 1. The van der Waals surface area contributed by atoms with Crippen molar-refractivity contribution in [2.75, 3.05) is 18.6 Å². The maximum Gasteiger partial charge on any atom is 0.523 e. The maximum absolute atomic E-state index is 12.1. The molecule has 1 unspecified atom stereocenters. The molecule has 0 aromatic heterocycles. The van der Waals surface area contributed by atoms with E-state index >= 15 is 0 Å². The van der Waals surface area contributed by atoms with Crippen LogP contribution < -0.4 is 0 Å². The molecule has 1 rings (SSSR count). The Balaban J connectivity index is 2.84. The van der Waals surface area contributed by atoms with Crippen molar-refractivity contribution in [2.24, 2.45) is 0 Å². The number of rotatable bonds is 3. The van der Waals surface area contributed by atoms with Crippen LogP contribution in [-0.4, -0.2) is 44.6 Å². The Morgan fingerprint density at radius 2 is 2.11 bits per heavy atom. The summed E-state index contributed by atoms with van der Waals surface area (Å²) in [7, 11) is -4.55. The molecular weight excluding hydrogens is 297 g/mol. The topological polar surface area (TPSA) is 69.7 Å². The number of alkyl halides is 3. The summed E-state index contributed by atoms with van der Waals surface area (Å²) in [5, 5.41) is 0. The molecule has 0 N–H and O–H groups in total. The Kier molecular flexibility index (Phi) is 4.67. The summed E-state index contributed by atoms with van der Waals surface area (Å²) in [5.74, 6) is -0.478. The third-order valence-electron chi connectivity index (χ3n) is 1.91. The zero-order valence-corrected chi connectivity index (χ0v) is 10.7. The van der Waals surface area contributed by atoms with Crippen LogP contribution in [0.3, 0.4) is 0 Å². The summed E-state index contributed by atoms with van der Waals surface area (Å²) in [6.07, 6.45) is -0.296. The van der Waals surface area contributed by atoms with Crippen molar-refractivity contribution < 1.29 is 35.3 Å². The van der Waals surface area contributed by atoms with Gasteiger partial charge in [-0.05, 0) is 6.08 Å². The highest BCUT2D eigenvalue weighted by molar-refractivity contribution is 7.99. The summed E-state index contributed by atoms with van der Waals surface area (Å²) in [6.45, 7) is 0. The van der Waals surface area contributed by atoms with Gasteiger partial charge in [0.15, 0.2) is 0 Å². The largest absolute Gasteiger partial charge is 0.523 e. The number of hydrogen-bond acceptors (Lipinski definition) is 6. The first kappa shape index (κ1) is 15.3. The highest BCUT2D eigenvalue weighted by Gasteiger charge is 2.48. The van der Waals surface area contributed by atoms with Gasteiger partial charge in [0.25, 0.3) is 0 Å². The number of carbonyl (C=O) groups is 1. The summed E-state index contributed by atoms with van der Waals surface area (Å²) >= 11 is 1.08. The molecule has 0 fully saturated rings. The first-order chi connectivity index (χ1) is 8.17. The molecule has 0 bridgehead atoms. The number of thioether (sulfide) groups is 1. The van der Waals surface area contributed by atoms with Gasteiger partial charge in [-0.25, -0.2) is 4.79 Å². The van der Waals surface area contributed by atoms with E-state index in [4.69, 9.17) is 0 Å². The van der Waals surface area contributed by atoms with Gasteiger partial charge in [-0.2, -0.15) is 33.4 Å². The van der Waals surface area contributed by atoms with Crippen LogP contribution in [0.4, 0.5) is 13.2 Å². The summed E-state index contributed by atoms with van der Waals surface area (Å²) in [6, 6.07) is 0. The van der Waals surface area contributed by atoms with Crippen molar-refractivity contribution in [1.29, 1.82) is 0 Å². The average Bonchev–Trinajstić information content (AvgIpc) is 2.26. The van der Waals surface area contributed by atoms with Crippen molar-refractivity contribution >= 4 is 27.8 Å². The zero-order valence-electron chi connectivity index (χ0n) is 9.06. The van der Waals surface area contributed by atoms with Crippen LogP contribution in [0.15, 0.2) is 11.6 Å². The SMILES string of the molecule is COC(=O)C1=CC(OS(=O)(=O)C(F)(F)F)CSC1. The van der Waals surface area contributed by atoms with E-state index < -0.39 is 27.7 Å². The summed E-state index contributed by atoms with van der Waals surface area (Å²) in [5.41, 5.74) is -5.40. The van der Waals surface area contributed by atoms with Gasteiger partial charge < -0.3 is 4.74 Å². The van der Waals surface area contributed by atoms with Crippen LogP contribution >= 0.6 is 11.8 Å². The molecule has 1 aliphatic heterocycles. The first-order valence-corrected chi connectivity index (χ1v) is 7.10. The predicted molar refractivity (Wildman–Crippen MR) is 57.3 cm³/mol. The molecule has 0 aromatic rings. The average molecular weight is 306 g/mol. The second-order valence-corrected chi connectivity index (χ2v) is 5.83. The normalized spacial score (nSPS) is 21.3. The second-order valence-electron chi connectivity index (χ2n) is 3.23. The monoisotopic (exact) mass is 306 g/mol. The Morgan fingerprint density at radius 3 is 2.61 bits per heavy atom. The molecule has 0 radical (unpaired) electrons. The minimum atomic E-state index is -5.66. The van der Waals surface area contributed by atoms with E-state index in [2.05, 4.69) is 8.92 Å². The van der Waals surface area contributed by atoms with Crippen LogP contribution in [0.2, 0.25) is 0 Å². The molecule has 0 saturated carbocycles. The molecular formula is C8H9F3O5S2. The van der Waals surface area contributed by atoms with Crippen LogP contribution in [0.25, 0.3) is 0 Å². The molecule has 10 heteroatoms. The van der Waals surface area contributed by atoms with Crippen molar-refractivity contribution in [2.45, 2.75) is 11.6 Å². The van der Waals surface area contributed by atoms with Gasteiger partial charge in [-0.15, -0.1) is 0 Å². The molecule has 1 heterocycles. The fourth-order valence-electron chi connectivity index (χ4n) is 1.14. The molecule has 1 atom stereocenters. The lowest BCUT2D eigenvalue weighted by atomic mass is 10.2. The molecule has 104 valence electrons. The van der Waals surface area contributed by atoms with E-state index in [1.807, 2.05) is 0 Å². The Hall–Kier alpha value is -0.740. The van der Waals surface area contributed by atoms with Crippen molar-refractivity contribution in [3.05, 3.63) is 11.6 Å². The third kappa shape index (κ3) is 3.62. The number of esters is 1. The minimum absolute atomic E-state index is 0.00973. The van der Waals surface area contributed by atoms with Crippen LogP contribution in [0.1, 0.15) is 0 Å². The third-order valence-corrected chi connectivity index (χ3v) is 4.05. The number of ether oxygens (including phenoxy) is 1. The number of halogens is 3. The summed E-state index contributed by atoms with van der Waals surface area (Å²) < 4.78 is 66.2. The highest BCUT2D eigenvalue weighted by Crippen LogP contribution is 2.29. The highest BCUT2D eigenvalue weighted by atomic mass is 32.2. The number of hydrogen-bond donors (Lipinski definition) is 0. The fraction of sp³-hybridized carbons (Fsp3) is 0.625. The molecule has 0 aliphatic carbocycles. The molecule has 18 heavy (non-hydrogen) atoms. The van der Waals surface area contributed by atoms with E-state index in [1.165, 1.54) is 0 Å². The second kappa shape index (κ2) is 5.49. The molecule has 5 nitrogen and oxygen atoms in total. The molecule has 0 saturated heterocycles. The van der Waals surface area contributed by atoms with Crippen LogP contribution in [-0.2, 0) is 23.8 Å². The van der Waals surface area contributed by atoms with Gasteiger partial charge in [0.1, 0.15) is 6.10 Å². The van der Waals surface area contributed by atoms with E-state index in [0.717, 1.165) is 24.9 Å². The fourth-order valence-corrected chi connectivity index (χ4v) is 2.73. The molecule has 0 spiro atoms. The van der Waals surface area contributed by atoms with E-state index in [9.17, 15) is 26.4 Å². The molecule has 0 amide bonds. The van der Waals surface area contributed by atoms with Gasteiger partial charge in [0.2, 0.25) is 0 Å². The minimum Gasteiger partial charge on any atom is -0.466 e. The molecule has 0 aromatic carbocycles. The Labute approximate surface area is 105 Å². The van der Waals surface area contributed by atoms with E-state index in [0.29, 0.717) is 0 Å². The van der Waals surface area contributed by atoms with Crippen molar-refractivity contribution in [1.82, 2.24) is 0 Å². The molecule has 1 aliphatic rings. The number of methoxy groups -OCH3 is 1. The van der Waals surface area contributed by atoms with E-state index in [-0.39, 0.29) is 17.1 Å². The predicted octanol–water partition coefficient (Wildman–Crippen LogP) is 1.07. The van der Waals surface area contributed by atoms with Gasteiger partial charge >= 0.3 is 21.6 Å². The Bertz CT molecular complexity index is 454. The zero-order chi connectivity index (χ0) is 14.0. The van der Waals surface area contributed by atoms with Crippen molar-refractivity contribution in [3.63, 3.8) is 0 Å². The van der Waals surface area contributed by atoms with Crippen LogP contribution in [0, 0.1) is 0 Å². The van der Waals surface area contributed by atoms with Gasteiger partial charge in [-0.1, -0.05) is 0 Å². The summed E-state index contributed by atoms with van der Waals surface area (Å²) in [4.78, 5) is 11.1. The quantitative estimate of drug-likeness (QED) is 0.441. The lowest BCUT2D eigenvalue weighted by Gasteiger charge is -2.20. The lowest BCUT2D eigenvalue weighted by molar-refractivity contribution is -0.136. The maximum atomic E-state index is 12.1. The smallest absolute Gasteiger partial charge is 0.466 e. The van der Waals surface area contributed by atoms with Gasteiger partial charge in [0, 0.05) is 17.1 Å². The Morgan fingerprint density at radius 1 is 1.50 bits per heavy atom. The standard InChI is InChI=1S/C8H9F3O5S2/c1-15-7(12)5-2-6(4-17-3-5)16-18(13,14)8(9,10)11/h2,6H,3-4H2,1H3. The van der Waals surface area contributed by atoms with E-state index in [1.54, 1.807) is 0 Å². The van der Waals surface area contributed by atoms with Gasteiger partial charge in [0.05, 0.1) is 7.11 Å². The van der Waals surface area contributed by atoms with Crippen molar-refractivity contribution in [3.8, 4) is 0 Å². The first-order valence-electron chi connectivity index (χ1n) is 4.53. The lowest BCUT2D eigenvalue weighted by Crippen LogP contribution is -2.32.